The molecule has 0 saturated heterocycles. The lowest BCUT2D eigenvalue weighted by Gasteiger charge is -2.24. The summed E-state index contributed by atoms with van der Waals surface area (Å²) >= 11 is 1.86. The molecule has 0 unspecified atom stereocenters. The van der Waals surface area contributed by atoms with Gasteiger partial charge in [-0.05, 0) is 149 Å². The van der Waals surface area contributed by atoms with Crippen molar-refractivity contribution in [2.75, 3.05) is 0 Å². The third kappa shape index (κ3) is 7.23. The summed E-state index contributed by atoms with van der Waals surface area (Å²) in [4.78, 5) is 10.4. The van der Waals surface area contributed by atoms with Gasteiger partial charge >= 0.3 is 0 Å². The lowest BCUT2D eigenvalue weighted by molar-refractivity contribution is 0.660. The Morgan fingerprint density at radius 1 is 0.293 bits per heavy atom. The van der Waals surface area contributed by atoms with Gasteiger partial charge in [0.1, 0.15) is 11.6 Å². The molecule has 436 valence electrons. The summed E-state index contributed by atoms with van der Waals surface area (Å²) in [5.41, 5.74) is 25.7. The number of aromatic nitrogens is 4. The Hall–Kier alpha value is -10.7. The molecule has 17 aromatic rings. The molecule has 0 saturated carbocycles. The van der Waals surface area contributed by atoms with Gasteiger partial charge in [-0.3, -0.25) is 9.13 Å². The van der Waals surface area contributed by atoms with Gasteiger partial charge in [-0.2, -0.15) is 0 Å². The highest BCUT2D eigenvalue weighted by Gasteiger charge is 2.42. The van der Waals surface area contributed by atoms with Crippen LogP contribution >= 0.6 is 11.3 Å². The van der Waals surface area contributed by atoms with E-state index in [4.69, 9.17) is 9.97 Å². The minimum Gasteiger partial charge on any atom is -0.293 e. The van der Waals surface area contributed by atoms with E-state index in [-0.39, 0.29) is 16.2 Å². The molecule has 4 nitrogen and oxygen atoms in total. The molecule has 0 fully saturated rings. The summed E-state index contributed by atoms with van der Waals surface area (Å²) < 4.78 is 7.46. The van der Waals surface area contributed by atoms with Crippen LogP contribution in [0.4, 0.5) is 0 Å². The summed E-state index contributed by atoms with van der Waals surface area (Å²) in [7, 11) is 0. The van der Waals surface area contributed by atoms with Crippen molar-refractivity contribution in [2.45, 2.75) is 57.8 Å². The maximum Gasteiger partial charge on any atom is 0.137 e. The largest absolute Gasteiger partial charge is 0.293 e. The molecule has 12 aromatic carbocycles. The first-order chi connectivity index (χ1) is 44.9. The van der Waals surface area contributed by atoms with Crippen LogP contribution in [-0.2, 0) is 16.2 Å². The molecule has 0 spiro atoms. The van der Waals surface area contributed by atoms with E-state index >= 15 is 0 Å². The van der Waals surface area contributed by atoms with Gasteiger partial charge < -0.3 is 0 Å². The molecule has 92 heavy (non-hydrogen) atoms. The van der Waals surface area contributed by atoms with Crippen molar-refractivity contribution in [3.8, 4) is 67.3 Å². The molecular weight excluding hydrogens is 1130 g/mol. The lowest BCUT2D eigenvalue weighted by Crippen LogP contribution is -2.16. The van der Waals surface area contributed by atoms with Gasteiger partial charge in [-0.25, -0.2) is 9.97 Å². The number of thiophene rings is 1. The van der Waals surface area contributed by atoms with Crippen LogP contribution in [0.15, 0.2) is 267 Å². The Labute approximate surface area is 538 Å². The van der Waals surface area contributed by atoms with Crippen molar-refractivity contribution < 1.29 is 0 Å². The van der Waals surface area contributed by atoms with E-state index in [0.717, 1.165) is 22.8 Å². The Morgan fingerprint density at radius 2 is 0.728 bits per heavy atom. The zero-order valence-electron chi connectivity index (χ0n) is 52.1. The zero-order chi connectivity index (χ0) is 61.5. The molecule has 5 heterocycles. The quantitative estimate of drug-likeness (QED) is 0.176. The van der Waals surface area contributed by atoms with Gasteiger partial charge in [-0.15, -0.1) is 11.3 Å². The predicted molar refractivity (Wildman–Crippen MR) is 389 cm³/mol. The summed E-state index contributed by atoms with van der Waals surface area (Å²) in [6, 6.07) is 93.7. The Balaban J connectivity index is 0.000000132. The van der Waals surface area contributed by atoms with Crippen molar-refractivity contribution in [1.29, 1.82) is 0 Å². The second-order valence-corrected chi connectivity index (χ2v) is 28.2. The first-order valence-electron chi connectivity index (χ1n) is 32.2. The number of benzene rings is 12. The van der Waals surface area contributed by atoms with Gasteiger partial charge in [0.2, 0.25) is 0 Å². The Kier molecular flexibility index (Phi) is 11.1. The molecule has 0 bridgehead atoms. The van der Waals surface area contributed by atoms with Crippen LogP contribution in [0.25, 0.3) is 153 Å². The van der Waals surface area contributed by atoms with Crippen molar-refractivity contribution in [3.05, 3.63) is 301 Å². The fraction of sp³-hybridized carbons (Fsp3) is 0.103. The topological polar surface area (TPSA) is 35.6 Å². The van der Waals surface area contributed by atoms with Crippen molar-refractivity contribution in [1.82, 2.24) is 19.1 Å². The first kappa shape index (κ1) is 53.1. The number of hydrogen-bond donors (Lipinski definition) is 0. The third-order valence-electron chi connectivity index (χ3n) is 21.2. The van der Waals surface area contributed by atoms with Crippen molar-refractivity contribution in [3.63, 3.8) is 0 Å². The van der Waals surface area contributed by atoms with Crippen LogP contribution in [0, 0.1) is 0 Å². The zero-order valence-corrected chi connectivity index (χ0v) is 52.9. The van der Waals surface area contributed by atoms with Crippen LogP contribution < -0.4 is 0 Å². The summed E-state index contributed by atoms with van der Waals surface area (Å²) in [5, 5.41) is 13.0. The molecule has 0 amide bonds. The van der Waals surface area contributed by atoms with E-state index in [9.17, 15) is 0 Å². The van der Waals surface area contributed by atoms with E-state index in [0.29, 0.717) is 0 Å². The summed E-state index contributed by atoms with van der Waals surface area (Å²) in [6.07, 6.45) is 4.10. The summed E-state index contributed by atoms with van der Waals surface area (Å²) in [6.45, 7) is 14.2. The molecule has 5 heteroatoms. The molecular formula is C87H62N4S. The molecule has 5 aromatic heterocycles. The van der Waals surface area contributed by atoms with Crippen LogP contribution in [-0.4, -0.2) is 19.1 Å². The van der Waals surface area contributed by atoms with Gasteiger partial charge in [0.15, 0.2) is 0 Å². The molecule has 20 rings (SSSR count). The molecule has 0 radical (unpaired) electrons. The highest BCUT2D eigenvalue weighted by atomic mass is 32.1. The number of nitrogens with zero attached hydrogens (tertiary/aromatic N) is 4. The van der Waals surface area contributed by atoms with Crippen molar-refractivity contribution in [2.24, 2.45) is 0 Å². The maximum absolute atomic E-state index is 5.23. The Morgan fingerprint density at radius 3 is 1.36 bits per heavy atom. The fourth-order valence-electron chi connectivity index (χ4n) is 17.1. The molecule has 3 aliphatic rings. The highest BCUT2D eigenvalue weighted by Crippen LogP contribution is 2.59. The van der Waals surface area contributed by atoms with Crippen molar-refractivity contribution >= 4 is 96.7 Å². The molecule has 0 aliphatic heterocycles. The second-order valence-electron chi connectivity index (χ2n) is 27.1. The average molecular weight is 1200 g/mol. The van der Waals surface area contributed by atoms with E-state index in [1.165, 1.54) is 163 Å². The van der Waals surface area contributed by atoms with E-state index in [1.807, 2.05) is 17.5 Å². The molecule has 0 atom stereocenters. The molecule has 3 aliphatic carbocycles. The van der Waals surface area contributed by atoms with Crippen LogP contribution in [0.1, 0.15) is 74.9 Å². The van der Waals surface area contributed by atoms with E-state index in [1.54, 1.807) is 0 Å². The van der Waals surface area contributed by atoms with Gasteiger partial charge in [0.25, 0.3) is 0 Å². The van der Waals surface area contributed by atoms with Crippen LogP contribution in [0.2, 0.25) is 0 Å². The number of para-hydroxylation sites is 2. The fourth-order valence-corrected chi connectivity index (χ4v) is 18.2. The van der Waals surface area contributed by atoms with Gasteiger partial charge in [-0.1, -0.05) is 242 Å². The maximum atomic E-state index is 5.23. The minimum atomic E-state index is -0.172. The lowest BCUT2D eigenvalue weighted by atomic mass is 9.79. The second kappa shape index (κ2) is 19.2. The number of hydrogen-bond acceptors (Lipinski definition) is 3. The normalized spacial score (nSPS) is 14.5. The van der Waals surface area contributed by atoms with Crippen LogP contribution in [0.3, 0.4) is 0 Å². The van der Waals surface area contributed by atoms with Crippen LogP contribution in [0.5, 0.6) is 0 Å². The number of fused-ring (bicyclic) bond motifs is 26. The number of rotatable bonds is 4. The van der Waals surface area contributed by atoms with Gasteiger partial charge in [0, 0.05) is 86.9 Å². The standard InChI is InChI=1S/C45H34N2.C42H28N2S/c1-44(2)35-18-10-7-13-29(35)34-25-27(21-23-37(34)44)28-22-24-39(46-26-28)47-38-20-12-9-17-33(38)41-31-15-6-5-14-30(31)40-32-16-8-11-19-36(32)45(3,4)42(40)43(41)47;1-42(2)33-16-8-5-14-31(33)38-29-12-3-4-13-30(29)41-39(40(38)42)32-15-6-9-17-34(32)44(41)37-22-20-26(24-43-37)25-19-21-28-27-11-7-10-18-35(27)45-36(28)23-25/h5-26H,1-4H3;3-24H,1-2H3. The predicted octanol–water partition coefficient (Wildman–Crippen LogP) is 23.3. The monoisotopic (exact) mass is 1190 g/mol. The smallest absolute Gasteiger partial charge is 0.137 e. The van der Waals surface area contributed by atoms with E-state index in [2.05, 4.69) is 312 Å². The third-order valence-corrected chi connectivity index (χ3v) is 22.4. The van der Waals surface area contributed by atoms with Gasteiger partial charge in [0.05, 0.1) is 22.1 Å². The Bertz CT molecular complexity index is 6030. The SMILES string of the molecule is CC1(C)c2ccccc2-c2c1c1c3ccccc3n(-c3ccc(-c4ccc5c(c4)sc4ccccc45)cn3)c1c1ccccc21.CC1(C)c2ccccc2-c2cc(-c3ccc(-n4c5ccccc5c5c6ccccc6c6c(c54)C(C)(C)c4ccccc4-6)nc3)ccc21. The van der Waals surface area contributed by atoms with E-state index < -0.39 is 0 Å². The average Bonchev–Trinajstić information content (AvgIpc) is 1.52. The summed E-state index contributed by atoms with van der Waals surface area (Å²) in [5.74, 6) is 1.88. The molecule has 0 N–H and O–H groups in total. The minimum absolute atomic E-state index is 0.000959. The number of pyridine rings is 2. The highest BCUT2D eigenvalue weighted by molar-refractivity contribution is 7.25. The first-order valence-corrected chi connectivity index (χ1v) is 33.0.